The Kier molecular flexibility index (Phi) is 5.01. The molecular weight excluding hydrogens is 404 g/mol. The van der Waals surface area contributed by atoms with Crippen LogP contribution in [0.2, 0.25) is 5.02 Å². The zero-order chi connectivity index (χ0) is 19.0. The van der Waals surface area contributed by atoms with Crippen LogP contribution in [0, 0.1) is 0 Å². The number of aliphatic imine (C=N–C) groups is 1. The number of nitrogens with zero attached hydrogens (tertiary/aromatic N) is 2. The first kappa shape index (κ1) is 18.5. The molecule has 4 rings (SSSR count). The van der Waals surface area contributed by atoms with Gasteiger partial charge in [-0.2, -0.15) is 4.99 Å². The number of amides is 1. The topological polar surface area (TPSA) is 66.8 Å². The first-order valence-corrected chi connectivity index (χ1v) is 11.6. The minimum absolute atomic E-state index is 0.0771. The maximum absolute atomic E-state index is 12.5. The highest BCUT2D eigenvalue weighted by atomic mass is 35.5. The van der Waals surface area contributed by atoms with Crippen LogP contribution >= 0.6 is 23.4 Å². The molecule has 0 N–H and O–H groups in total. The molecule has 140 valence electrons. The molecule has 27 heavy (non-hydrogen) atoms. The zero-order valence-electron chi connectivity index (χ0n) is 14.3. The second-order valence-electron chi connectivity index (χ2n) is 6.59. The van der Waals surface area contributed by atoms with Gasteiger partial charge >= 0.3 is 0 Å². The molecule has 2 aromatic rings. The largest absolute Gasteiger partial charge is 0.342 e. The van der Waals surface area contributed by atoms with Crippen LogP contribution in [0.25, 0.3) is 0 Å². The molecular formula is C19H17ClN2O3S2. The van der Waals surface area contributed by atoms with E-state index < -0.39 is 9.84 Å². The minimum atomic E-state index is -3.08. The van der Waals surface area contributed by atoms with Crippen LogP contribution in [0.1, 0.15) is 15.9 Å². The summed E-state index contributed by atoms with van der Waals surface area (Å²) in [5, 5.41) is 1.06. The van der Waals surface area contributed by atoms with Crippen LogP contribution in [0.4, 0.5) is 0 Å². The molecule has 2 aliphatic rings. The van der Waals surface area contributed by atoms with Gasteiger partial charge in [0.1, 0.15) is 0 Å². The van der Waals surface area contributed by atoms with Gasteiger partial charge in [0.25, 0.3) is 5.91 Å². The number of thioether (sulfide) groups is 1. The molecule has 0 unspecified atom stereocenters. The van der Waals surface area contributed by atoms with E-state index in [4.69, 9.17) is 11.6 Å². The van der Waals surface area contributed by atoms with Gasteiger partial charge in [0.2, 0.25) is 0 Å². The summed E-state index contributed by atoms with van der Waals surface area (Å²) in [6, 6.07) is 16.1. The molecule has 0 aromatic heterocycles. The van der Waals surface area contributed by atoms with E-state index in [9.17, 15) is 13.2 Å². The average Bonchev–Trinajstić information content (AvgIpc) is 3.10. The van der Waals surface area contributed by atoms with E-state index >= 15 is 0 Å². The first-order valence-electron chi connectivity index (χ1n) is 8.48. The molecule has 0 aliphatic carbocycles. The summed E-state index contributed by atoms with van der Waals surface area (Å²) in [7, 11) is -3.08. The van der Waals surface area contributed by atoms with Crippen molar-refractivity contribution in [3.8, 4) is 0 Å². The Balaban J connectivity index is 1.67. The van der Waals surface area contributed by atoms with E-state index in [1.807, 2.05) is 29.2 Å². The second-order valence-corrected chi connectivity index (χ2v) is 10.4. The van der Waals surface area contributed by atoms with E-state index in [1.165, 1.54) is 11.8 Å². The quantitative estimate of drug-likeness (QED) is 0.762. The molecule has 0 saturated carbocycles. The molecule has 0 spiro atoms. The Bertz CT molecular complexity index is 1010. The van der Waals surface area contributed by atoms with Crippen LogP contribution in [0.3, 0.4) is 0 Å². The van der Waals surface area contributed by atoms with Gasteiger partial charge in [-0.15, -0.1) is 0 Å². The lowest BCUT2D eigenvalue weighted by Gasteiger charge is -2.25. The van der Waals surface area contributed by atoms with Gasteiger partial charge in [0, 0.05) is 22.4 Å². The van der Waals surface area contributed by atoms with Gasteiger partial charge in [0.15, 0.2) is 15.0 Å². The number of hydrogen-bond donors (Lipinski definition) is 0. The third-order valence-electron chi connectivity index (χ3n) is 4.69. The van der Waals surface area contributed by atoms with E-state index in [-0.39, 0.29) is 28.7 Å². The van der Waals surface area contributed by atoms with Crippen LogP contribution in [-0.4, -0.2) is 47.2 Å². The number of benzene rings is 2. The minimum Gasteiger partial charge on any atom is -0.342 e. The van der Waals surface area contributed by atoms with E-state index in [2.05, 4.69) is 4.99 Å². The Hall–Kier alpha value is -1.83. The van der Waals surface area contributed by atoms with Gasteiger partial charge < -0.3 is 4.90 Å². The van der Waals surface area contributed by atoms with Crippen molar-refractivity contribution in [2.24, 2.45) is 4.99 Å². The van der Waals surface area contributed by atoms with Crippen molar-refractivity contribution in [1.29, 1.82) is 0 Å². The van der Waals surface area contributed by atoms with E-state index in [1.54, 1.807) is 30.3 Å². The number of carbonyl (C=O) groups excluding carboxylic acids is 1. The zero-order valence-corrected chi connectivity index (χ0v) is 16.7. The number of halogens is 1. The number of hydrogen-bond acceptors (Lipinski definition) is 4. The SMILES string of the molecule is O=C(N=C1S[C@@H]2CS(=O)(=O)C[C@H]2N1Cc1ccccc1Cl)c1ccccc1. The highest BCUT2D eigenvalue weighted by Gasteiger charge is 2.48. The molecule has 8 heteroatoms. The number of fused-ring (bicyclic) bond motifs is 1. The van der Waals surface area contributed by atoms with Gasteiger partial charge in [0.05, 0.1) is 17.5 Å². The third kappa shape index (κ3) is 3.90. The van der Waals surface area contributed by atoms with Gasteiger partial charge in [-0.25, -0.2) is 8.42 Å². The smallest absolute Gasteiger partial charge is 0.279 e. The first-order chi connectivity index (χ1) is 12.9. The lowest BCUT2D eigenvalue weighted by molar-refractivity contribution is 0.100. The molecule has 0 radical (unpaired) electrons. The Morgan fingerprint density at radius 2 is 1.81 bits per heavy atom. The van der Waals surface area contributed by atoms with Gasteiger partial charge in [-0.1, -0.05) is 59.8 Å². The van der Waals surface area contributed by atoms with Crippen molar-refractivity contribution in [2.45, 2.75) is 17.8 Å². The lowest BCUT2D eigenvalue weighted by atomic mass is 10.1. The van der Waals surface area contributed by atoms with Gasteiger partial charge in [-0.05, 0) is 23.8 Å². The van der Waals surface area contributed by atoms with Crippen LogP contribution < -0.4 is 0 Å². The molecule has 5 nitrogen and oxygen atoms in total. The van der Waals surface area contributed by atoms with E-state index in [0.717, 1.165) is 5.56 Å². The van der Waals surface area contributed by atoms with Crippen LogP contribution in [-0.2, 0) is 16.4 Å². The highest BCUT2D eigenvalue weighted by molar-refractivity contribution is 8.15. The van der Waals surface area contributed by atoms with Crippen molar-refractivity contribution in [2.75, 3.05) is 11.5 Å². The molecule has 2 fully saturated rings. The number of carbonyl (C=O) groups is 1. The normalized spacial score (nSPS) is 24.9. The summed E-state index contributed by atoms with van der Waals surface area (Å²) < 4.78 is 24.2. The predicted molar refractivity (Wildman–Crippen MR) is 109 cm³/mol. The summed E-state index contributed by atoms with van der Waals surface area (Å²) in [5.41, 5.74) is 1.39. The highest BCUT2D eigenvalue weighted by Crippen LogP contribution is 2.39. The summed E-state index contributed by atoms with van der Waals surface area (Å²) >= 11 is 7.67. The Morgan fingerprint density at radius 1 is 1.11 bits per heavy atom. The fraction of sp³-hybridized carbons (Fsp3) is 0.263. The van der Waals surface area contributed by atoms with Crippen LogP contribution in [0.15, 0.2) is 59.6 Å². The summed E-state index contributed by atoms with van der Waals surface area (Å²) in [6.45, 7) is 0.421. The lowest BCUT2D eigenvalue weighted by Crippen LogP contribution is -2.37. The molecule has 2 atom stereocenters. The predicted octanol–water partition coefficient (Wildman–Crippen LogP) is 3.25. The standard InChI is InChI=1S/C19H17ClN2O3S2/c20-15-9-5-4-8-14(15)10-22-16-11-27(24,25)12-17(16)26-19(22)21-18(23)13-6-2-1-3-7-13/h1-9,16-17H,10-12H2/t16-,17-/m1/s1. The fourth-order valence-electron chi connectivity index (χ4n) is 3.36. The second kappa shape index (κ2) is 7.30. The third-order valence-corrected chi connectivity index (χ3v) is 8.31. The molecule has 2 saturated heterocycles. The average molecular weight is 421 g/mol. The summed E-state index contributed by atoms with van der Waals surface area (Å²) in [4.78, 5) is 18.8. The summed E-state index contributed by atoms with van der Waals surface area (Å²) in [6.07, 6.45) is 0. The Morgan fingerprint density at radius 3 is 2.56 bits per heavy atom. The van der Waals surface area contributed by atoms with Crippen molar-refractivity contribution >= 4 is 44.3 Å². The fourth-order valence-corrected chi connectivity index (χ4v) is 7.51. The number of amidine groups is 1. The molecule has 2 aromatic carbocycles. The van der Waals surface area contributed by atoms with Crippen molar-refractivity contribution in [3.05, 3.63) is 70.7 Å². The number of sulfone groups is 1. The maximum atomic E-state index is 12.5. The Labute approximate surface area is 167 Å². The van der Waals surface area contributed by atoms with Crippen molar-refractivity contribution < 1.29 is 13.2 Å². The molecule has 2 heterocycles. The maximum Gasteiger partial charge on any atom is 0.279 e. The molecule has 1 amide bonds. The number of rotatable bonds is 3. The van der Waals surface area contributed by atoms with Gasteiger partial charge in [-0.3, -0.25) is 4.79 Å². The van der Waals surface area contributed by atoms with Crippen molar-refractivity contribution in [3.63, 3.8) is 0 Å². The van der Waals surface area contributed by atoms with Crippen LogP contribution in [0.5, 0.6) is 0 Å². The van der Waals surface area contributed by atoms with E-state index in [0.29, 0.717) is 22.3 Å². The summed E-state index contributed by atoms with van der Waals surface area (Å²) in [5.74, 6) is -0.141. The molecule has 2 aliphatic heterocycles. The van der Waals surface area contributed by atoms with Crippen molar-refractivity contribution in [1.82, 2.24) is 4.90 Å². The molecule has 0 bridgehead atoms. The monoisotopic (exact) mass is 420 g/mol.